The average molecular weight is 249 g/mol. The van der Waals surface area contributed by atoms with Gasteiger partial charge in [-0.2, -0.15) is 0 Å². The molecule has 0 fully saturated rings. The summed E-state index contributed by atoms with van der Waals surface area (Å²) in [5.41, 5.74) is 1.92. The van der Waals surface area contributed by atoms with Crippen LogP contribution < -0.4 is 9.61 Å². The minimum Gasteiger partial charge on any atom is -0.494 e. The SMILES string of the molecule is CCCOc1ccc(-c2[nH]c(=O)sc2C)cc1. The highest BCUT2D eigenvalue weighted by Gasteiger charge is 2.06. The van der Waals surface area contributed by atoms with E-state index in [1.54, 1.807) is 0 Å². The Morgan fingerprint density at radius 1 is 1.29 bits per heavy atom. The standard InChI is InChI=1S/C13H15NO2S/c1-3-8-16-11-6-4-10(5-7-11)12-9(2)17-13(15)14-12/h4-7H,3,8H2,1-2H3,(H,14,15). The molecule has 17 heavy (non-hydrogen) atoms. The molecular formula is C13H15NO2S. The molecule has 0 aliphatic rings. The Balaban J connectivity index is 2.23. The molecule has 2 aromatic rings. The molecule has 1 aromatic carbocycles. The number of aromatic amines is 1. The van der Waals surface area contributed by atoms with Gasteiger partial charge in [0.1, 0.15) is 5.75 Å². The first kappa shape index (κ1) is 11.9. The monoisotopic (exact) mass is 249 g/mol. The zero-order valence-electron chi connectivity index (χ0n) is 9.95. The fourth-order valence-corrected chi connectivity index (χ4v) is 2.32. The van der Waals surface area contributed by atoms with Crippen LogP contribution in [0.15, 0.2) is 29.1 Å². The van der Waals surface area contributed by atoms with E-state index >= 15 is 0 Å². The van der Waals surface area contributed by atoms with Crippen LogP contribution in [0.1, 0.15) is 18.2 Å². The molecule has 0 saturated carbocycles. The van der Waals surface area contributed by atoms with Gasteiger partial charge in [-0.15, -0.1) is 0 Å². The van der Waals surface area contributed by atoms with E-state index in [0.29, 0.717) is 0 Å². The molecule has 0 radical (unpaired) electrons. The topological polar surface area (TPSA) is 42.1 Å². The highest BCUT2D eigenvalue weighted by atomic mass is 32.1. The molecule has 1 aromatic heterocycles. The zero-order chi connectivity index (χ0) is 12.3. The van der Waals surface area contributed by atoms with Gasteiger partial charge in [-0.25, -0.2) is 0 Å². The molecule has 4 heteroatoms. The van der Waals surface area contributed by atoms with Gasteiger partial charge in [0.15, 0.2) is 0 Å². The van der Waals surface area contributed by atoms with Crippen LogP contribution >= 0.6 is 11.3 Å². The molecule has 0 saturated heterocycles. The highest BCUT2D eigenvalue weighted by molar-refractivity contribution is 7.09. The number of aryl methyl sites for hydroxylation is 1. The summed E-state index contributed by atoms with van der Waals surface area (Å²) in [5.74, 6) is 0.867. The van der Waals surface area contributed by atoms with Crippen molar-refractivity contribution in [2.45, 2.75) is 20.3 Å². The molecule has 3 nitrogen and oxygen atoms in total. The molecule has 0 bridgehead atoms. The van der Waals surface area contributed by atoms with E-state index in [4.69, 9.17) is 4.74 Å². The minimum atomic E-state index is -0.0104. The summed E-state index contributed by atoms with van der Waals surface area (Å²) in [6, 6.07) is 7.80. The van der Waals surface area contributed by atoms with Crippen LogP contribution in [0.5, 0.6) is 5.75 Å². The first-order chi connectivity index (χ1) is 8.20. The predicted octanol–water partition coefficient (Wildman–Crippen LogP) is 3.20. The van der Waals surface area contributed by atoms with E-state index < -0.39 is 0 Å². The van der Waals surface area contributed by atoms with Crippen molar-refractivity contribution in [3.05, 3.63) is 38.8 Å². The fraction of sp³-hybridized carbons (Fsp3) is 0.308. The molecule has 0 aliphatic carbocycles. The summed E-state index contributed by atoms with van der Waals surface area (Å²) in [4.78, 5) is 15.1. The minimum absolute atomic E-state index is 0.0104. The molecule has 90 valence electrons. The van der Waals surface area contributed by atoms with Crippen molar-refractivity contribution >= 4 is 11.3 Å². The maximum atomic E-state index is 11.2. The maximum absolute atomic E-state index is 11.2. The van der Waals surface area contributed by atoms with Crippen molar-refractivity contribution in [2.24, 2.45) is 0 Å². The van der Waals surface area contributed by atoms with Crippen molar-refractivity contribution in [3.63, 3.8) is 0 Å². The Kier molecular flexibility index (Phi) is 3.64. The van der Waals surface area contributed by atoms with Crippen LogP contribution in [0.25, 0.3) is 11.3 Å². The molecule has 0 amide bonds. The third-order valence-electron chi connectivity index (χ3n) is 2.44. The van der Waals surface area contributed by atoms with Crippen molar-refractivity contribution in [3.8, 4) is 17.0 Å². The molecule has 0 aliphatic heterocycles. The van der Waals surface area contributed by atoms with Gasteiger partial charge in [0.25, 0.3) is 0 Å². The highest BCUT2D eigenvalue weighted by Crippen LogP contribution is 2.24. The van der Waals surface area contributed by atoms with Gasteiger partial charge < -0.3 is 9.72 Å². The maximum Gasteiger partial charge on any atom is 0.305 e. The van der Waals surface area contributed by atoms with Crippen molar-refractivity contribution in [1.82, 2.24) is 4.98 Å². The molecule has 0 unspecified atom stereocenters. The second kappa shape index (κ2) is 5.19. The number of benzene rings is 1. The van der Waals surface area contributed by atoms with Crippen LogP contribution in [0.4, 0.5) is 0 Å². The van der Waals surface area contributed by atoms with Gasteiger partial charge in [-0.05, 0) is 43.2 Å². The van der Waals surface area contributed by atoms with Gasteiger partial charge in [-0.1, -0.05) is 18.3 Å². The normalized spacial score (nSPS) is 10.5. The Morgan fingerprint density at radius 2 is 2.00 bits per heavy atom. The van der Waals surface area contributed by atoms with Crippen LogP contribution in [0.3, 0.4) is 0 Å². The van der Waals surface area contributed by atoms with Crippen LogP contribution in [-0.4, -0.2) is 11.6 Å². The molecule has 1 heterocycles. The third kappa shape index (κ3) is 2.77. The van der Waals surface area contributed by atoms with Crippen molar-refractivity contribution in [1.29, 1.82) is 0 Å². The van der Waals surface area contributed by atoms with Gasteiger partial charge in [-0.3, -0.25) is 4.79 Å². The largest absolute Gasteiger partial charge is 0.494 e. The summed E-state index contributed by atoms with van der Waals surface area (Å²) < 4.78 is 5.51. The van der Waals surface area contributed by atoms with E-state index in [2.05, 4.69) is 11.9 Å². The van der Waals surface area contributed by atoms with Crippen molar-refractivity contribution in [2.75, 3.05) is 6.61 Å². The van der Waals surface area contributed by atoms with Gasteiger partial charge in [0, 0.05) is 4.88 Å². The number of hydrogen-bond donors (Lipinski definition) is 1. The Hall–Kier alpha value is -1.55. The molecular weight excluding hydrogens is 234 g/mol. The number of rotatable bonds is 4. The Bertz CT molecular complexity index is 539. The van der Waals surface area contributed by atoms with Gasteiger partial charge in [0.2, 0.25) is 0 Å². The Morgan fingerprint density at radius 3 is 2.53 bits per heavy atom. The number of aromatic nitrogens is 1. The van der Waals surface area contributed by atoms with E-state index in [-0.39, 0.29) is 4.87 Å². The molecule has 2 rings (SSSR count). The smallest absolute Gasteiger partial charge is 0.305 e. The second-order valence-electron chi connectivity index (χ2n) is 3.82. The number of nitrogens with one attached hydrogen (secondary N) is 1. The predicted molar refractivity (Wildman–Crippen MR) is 70.9 cm³/mol. The number of hydrogen-bond acceptors (Lipinski definition) is 3. The number of thiazole rings is 1. The second-order valence-corrected chi connectivity index (χ2v) is 5.01. The summed E-state index contributed by atoms with van der Waals surface area (Å²) >= 11 is 1.24. The van der Waals surface area contributed by atoms with Crippen LogP contribution in [0.2, 0.25) is 0 Å². The average Bonchev–Trinajstić information content (AvgIpc) is 2.66. The number of H-pyrrole nitrogens is 1. The lowest BCUT2D eigenvalue weighted by atomic mass is 10.1. The van der Waals surface area contributed by atoms with E-state index in [9.17, 15) is 4.79 Å². The van der Waals surface area contributed by atoms with Crippen LogP contribution in [-0.2, 0) is 0 Å². The quantitative estimate of drug-likeness (QED) is 0.904. The van der Waals surface area contributed by atoms with Crippen molar-refractivity contribution < 1.29 is 4.74 Å². The lowest BCUT2D eigenvalue weighted by Gasteiger charge is -2.05. The van der Waals surface area contributed by atoms with E-state index in [0.717, 1.165) is 34.9 Å². The Labute approximate surface area is 104 Å². The summed E-state index contributed by atoms with van der Waals surface area (Å²) in [5, 5.41) is 0. The van der Waals surface area contributed by atoms with Gasteiger partial charge in [0.05, 0.1) is 12.3 Å². The summed E-state index contributed by atoms with van der Waals surface area (Å²) in [7, 11) is 0. The van der Waals surface area contributed by atoms with E-state index in [1.165, 1.54) is 11.3 Å². The molecule has 1 N–H and O–H groups in total. The fourth-order valence-electron chi connectivity index (χ4n) is 1.62. The lowest BCUT2D eigenvalue weighted by Crippen LogP contribution is -1.95. The first-order valence-corrected chi connectivity index (χ1v) is 6.45. The molecule has 0 spiro atoms. The first-order valence-electron chi connectivity index (χ1n) is 5.63. The zero-order valence-corrected chi connectivity index (χ0v) is 10.8. The third-order valence-corrected chi connectivity index (χ3v) is 3.24. The molecule has 0 atom stereocenters. The summed E-state index contributed by atoms with van der Waals surface area (Å²) in [6.45, 7) is 4.75. The van der Waals surface area contributed by atoms with Crippen LogP contribution in [0, 0.1) is 6.92 Å². The van der Waals surface area contributed by atoms with E-state index in [1.807, 2.05) is 31.2 Å². The lowest BCUT2D eigenvalue weighted by molar-refractivity contribution is 0.317. The summed E-state index contributed by atoms with van der Waals surface area (Å²) in [6.07, 6.45) is 0.999. The number of ether oxygens (including phenoxy) is 1. The van der Waals surface area contributed by atoms with Gasteiger partial charge >= 0.3 is 4.87 Å².